The topological polar surface area (TPSA) is 39.2 Å². The highest BCUT2D eigenvalue weighted by molar-refractivity contribution is 5.87. The lowest BCUT2D eigenvalue weighted by molar-refractivity contribution is 0.0584. The van der Waals surface area contributed by atoms with E-state index < -0.39 is 35.4 Å². The quantitative estimate of drug-likeness (QED) is 0.437. The van der Waals surface area contributed by atoms with E-state index in [0.717, 1.165) is 7.11 Å². The molecule has 0 unspecified atom stereocenters. The summed E-state index contributed by atoms with van der Waals surface area (Å²) < 4.78 is 54.2. The number of methoxy groups -OCH3 is 1. The van der Waals surface area contributed by atoms with Gasteiger partial charge in [0.2, 0.25) is 5.95 Å². The number of hydrogen-bond donors (Lipinski definition) is 0. The molecule has 0 radical (unpaired) electrons. The van der Waals surface area contributed by atoms with Crippen molar-refractivity contribution in [3.8, 4) is 0 Å². The number of ether oxygens (including phenoxy) is 1. The second kappa shape index (κ2) is 4.24. The zero-order valence-corrected chi connectivity index (χ0v) is 7.43. The van der Waals surface area contributed by atoms with Crippen LogP contribution < -0.4 is 0 Å². The molecule has 0 spiro atoms. The third-order valence-corrected chi connectivity index (χ3v) is 1.57. The molecule has 1 aromatic heterocycles. The maximum atomic E-state index is 13.1. The molecule has 82 valence electrons. The van der Waals surface area contributed by atoms with E-state index in [-0.39, 0.29) is 6.07 Å². The van der Waals surface area contributed by atoms with Gasteiger partial charge >= 0.3 is 5.97 Å². The standard InChI is InChI=1S/C8H5F4NO2/c1-15-8(14)6-5(10)3(7(11)12)2-4(9)13-6/h2,7H,1H3. The molecule has 1 rings (SSSR count). The highest BCUT2D eigenvalue weighted by atomic mass is 19.3. The van der Waals surface area contributed by atoms with Crippen LogP contribution in [0.25, 0.3) is 0 Å². The van der Waals surface area contributed by atoms with Crippen LogP contribution in [0.2, 0.25) is 0 Å². The number of carbonyl (C=O) groups is 1. The highest BCUT2D eigenvalue weighted by Crippen LogP contribution is 2.24. The van der Waals surface area contributed by atoms with Crippen LogP contribution in [0.15, 0.2) is 6.07 Å². The molecule has 0 N–H and O–H groups in total. The average Bonchev–Trinajstić information content (AvgIpc) is 2.19. The molecule has 0 aliphatic rings. The molecule has 3 nitrogen and oxygen atoms in total. The number of alkyl halides is 2. The number of aromatic nitrogens is 1. The van der Waals surface area contributed by atoms with Gasteiger partial charge in [-0.25, -0.2) is 22.9 Å². The number of hydrogen-bond acceptors (Lipinski definition) is 3. The van der Waals surface area contributed by atoms with Gasteiger partial charge in [0.05, 0.1) is 12.7 Å². The largest absolute Gasteiger partial charge is 0.464 e. The first-order valence-electron chi connectivity index (χ1n) is 3.69. The van der Waals surface area contributed by atoms with E-state index in [1.807, 2.05) is 0 Å². The maximum Gasteiger partial charge on any atom is 0.359 e. The minimum atomic E-state index is -3.23. The Kier molecular flexibility index (Phi) is 3.23. The predicted molar refractivity (Wildman–Crippen MR) is 40.4 cm³/mol. The summed E-state index contributed by atoms with van der Waals surface area (Å²) in [5.41, 5.74) is -2.31. The zero-order chi connectivity index (χ0) is 11.6. The Morgan fingerprint density at radius 3 is 2.53 bits per heavy atom. The van der Waals surface area contributed by atoms with Crippen molar-refractivity contribution in [1.82, 2.24) is 4.98 Å². The number of pyridine rings is 1. The summed E-state index contributed by atoms with van der Waals surface area (Å²) in [6.45, 7) is 0. The van der Waals surface area contributed by atoms with Gasteiger partial charge in [-0.1, -0.05) is 0 Å². The van der Waals surface area contributed by atoms with Crippen molar-refractivity contribution in [2.75, 3.05) is 7.11 Å². The zero-order valence-electron chi connectivity index (χ0n) is 7.43. The van der Waals surface area contributed by atoms with Gasteiger partial charge < -0.3 is 4.74 Å². The monoisotopic (exact) mass is 223 g/mol. The van der Waals surface area contributed by atoms with E-state index in [0.29, 0.717) is 0 Å². The Labute approximate surface area is 81.7 Å². The lowest BCUT2D eigenvalue weighted by Crippen LogP contribution is -2.11. The molecule has 0 atom stereocenters. The van der Waals surface area contributed by atoms with Gasteiger partial charge in [0, 0.05) is 6.07 Å². The number of nitrogens with zero attached hydrogens (tertiary/aromatic N) is 1. The second-order valence-electron chi connectivity index (χ2n) is 2.49. The van der Waals surface area contributed by atoms with E-state index in [4.69, 9.17) is 0 Å². The van der Waals surface area contributed by atoms with Gasteiger partial charge in [-0.3, -0.25) is 0 Å². The summed E-state index contributed by atoms with van der Waals surface area (Å²) in [5.74, 6) is -4.25. The summed E-state index contributed by atoms with van der Waals surface area (Å²) in [6, 6.07) is 0.229. The van der Waals surface area contributed by atoms with Gasteiger partial charge in [-0.15, -0.1) is 0 Å². The summed E-state index contributed by atoms with van der Waals surface area (Å²) in [7, 11) is 0.899. The van der Waals surface area contributed by atoms with Crippen LogP contribution in [-0.4, -0.2) is 18.1 Å². The fraction of sp³-hybridized carbons (Fsp3) is 0.250. The minimum Gasteiger partial charge on any atom is -0.464 e. The summed E-state index contributed by atoms with van der Waals surface area (Å²) >= 11 is 0. The fourth-order valence-corrected chi connectivity index (χ4v) is 0.907. The summed E-state index contributed by atoms with van der Waals surface area (Å²) in [5, 5.41) is 0. The third kappa shape index (κ3) is 2.23. The minimum absolute atomic E-state index is 0.229. The van der Waals surface area contributed by atoms with Crippen molar-refractivity contribution in [2.24, 2.45) is 0 Å². The molecule has 1 aromatic rings. The van der Waals surface area contributed by atoms with Crippen molar-refractivity contribution in [1.29, 1.82) is 0 Å². The van der Waals surface area contributed by atoms with Crippen LogP contribution in [0.3, 0.4) is 0 Å². The lowest BCUT2D eigenvalue weighted by Gasteiger charge is -2.05. The molecule has 0 aliphatic heterocycles. The lowest BCUT2D eigenvalue weighted by atomic mass is 10.2. The summed E-state index contributed by atoms with van der Waals surface area (Å²) in [4.78, 5) is 13.7. The van der Waals surface area contributed by atoms with Crippen molar-refractivity contribution < 1.29 is 27.1 Å². The Bertz CT molecular complexity index is 394. The van der Waals surface area contributed by atoms with E-state index in [1.165, 1.54) is 0 Å². The van der Waals surface area contributed by atoms with E-state index in [9.17, 15) is 22.4 Å². The Morgan fingerprint density at radius 1 is 1.47 bits per heavy atom. The molecule has 0 aromatic carbocycles. The average molecular weight is 223 g/mol. The van der Waals surface area contributed by atoms with Gasteiger partial charge in [0.25, 0.3) is 6.43 Å². The molecule has 0 saturated carbocycles. The predicted octanol–water partition coefficient (Wildman–Crippen LogP) is 2.08. The summed E-state index contributed by atoms with van der Waals surface area (Å²) in [6.07, 6.45) is -3.23. The molecule has 0 aliphatic carbocycles. The van der Waals surface area contributed by atoms with Crippen molar-refractivity contribution in [2.45, 2.75) is 6.43 Å². The molecule has 0 amide bonds. The van der Waals surface area contributed by atoms with Crippen LogP contribution in [0.1, 0.15) is 22.5 Å². The van der Waals surface area contributed by atoms with Gasteiger partial charge in [-0.2, -0.15) is 4.39 Å². The molecule has 7 heteroatoms. The SMILES string of the molecule is COC(=O)c1nc(F)cc(C(F)F)c1F. The molecule has 1 heterocycles. The second-order valence-corrected chi connectivity index (χ2v) is 2.49. The number of esters is 1. The Morgan fingerprint density at radius 2 is 2.07 bits per heavy atom. The van der Waals surface area contributed by atoms with E-state index in [1.54, 1.807) is 0 Å². The van der Waals surface area contributed by atoms with Crippen molar-refractivity contribution >= 4 is 5.97 Å². The Balaban J connectivity index is 3.34. The molecule has 15 heavy (non-hydrogen) atoms. The van der Waals surface area contributed by atoms with Crippen LogP contribution in [-0.2, 0) is 4.74 Å². The van der Waals surface area contributed by atoms with Gasteiger partial charge in [0.15, 0.2) is 11.5 Å². The smallest absolute Gasteiger partial charge is 0.359 e. The third-order valence-electron chi connectivity index (χ3n) is 1.57. The molecular weight excluding hydrogens is 218 g/mol. The number of halogens is 4. The van der Waals surface area contributed by atoms with Crippen molar-refractivity contribution in [3.05, 3.63) is 29.1 Å². The molecule has 0 fully saturated rings. The first kappa shape index (κ1) is 11.4. The van der Waals surface area contributed by atoms with Crippen LogP contribution in [0, 0.1) is 11.8 Å². The normalized spacial score (nSPS) is 10.5. The maximum absolute atomic E-state index is 13.1. The van der Waals surface area contributed by atoms with Gasteiger partial charge in [-0.05, 0) is 0 Å². The van der Waals surface area contributed by atoms with Gasteiger partial charge in [0.1, 0.15) is 0 Å². The van der Waals surface area contributed by atoms with Crippen LogP contribution in [0.4, 0.5) is 17.6 Å². The number of carbonyl (C=O) groups excluding carboxylic acids is 1. The fourth-order valence-electron chi connectivity index (χ4n) is 0.907. The van der Waals surface area contributed by atoms with E-state index in [2.05, 4.69) is 9.72 Å². The first-order valence-corrected chi connectivity index (χ1v) is 3.69. The first-order chi connectivity index (χ1) is 6.97. The van der Waals surface area contributed by atoms with Crippen LogP contribution >= 0.6 is 0 Å². The van der Waals surface area contributed by atoms with Crippen LogP contribution in [0.5, 0.6) is 0 Å². The molecular formula is C8H5F4NO2. The van der Waals surface area contributed by atoms with E-state index >= 15 is 0 Å². The molecule has 0 saturated heterocycles. The highest BCUT2D eigenvalue weighted by Gasteiger charge is 2.24. The molecule has 0 bridgehead atoms. The Hall–Kier alpha value is -1.66. The van der Waals surface area contributed by atoms with Crippen molar-refractivity contribution in [3.63, 3.8) is 0 Å². The number of rotatable bonds is 2.